The molecule has 0 amide bonds. The molecule has 3 rings (SSSR count). The molecule has 5 nitrogen and oxygen atoms in total. The van der Waals surface area contributed by atoms with Gasteiger partial charge in [0.25, 0.3) is 5.19 Å². The van der Waals surface area contributed by atoms with Crippen molar-refractivity contribution in [2.75, 3.05) is 13.2 Å². The fraction of sp³-hybridized carbons (Fsp3) is 0.467. The molecule has 0 spiro atoms. The Kier molecular flexibility index (Phi) is 5.89. The number of rotatable bonds is 6. The number of hydrogen-bond donors (Lipinski definition) is 0. The first-order valence-electron chi connectivity index (χ1n) is 7.26. The van der Waals surface area contributed by atoms with Crippen LogP contribution < -0.4 is 4.74 Å². The van der Waals surface area contributed by atoms with Crippen LogP contribution in [0.1, 0.15) is 19.4 Å². The minimum absolute atomic E-state index is 0.0868. The van der Waals surface area contributed by atoms with Crippen LogP contribution in [-0.4, -0.2) is 34.5 Å². The highest BCUT2D eigenvalue weighted by atomic mass is 35.5. The first kappa shape index (κ1) is 18.2. The van der Waals surface area contributed by atoms with E-state index in [9.17, 15) is 0 Å². The zero-order valence-electron chi connectivity index (χ0n) is 13.1. The summed E-state index contributed by atoms with van der Waals surface area (Å²) in [5.41, 5.74) is 1.06. The lowest BCUT2D eigenvalue weighted by Gasteiger charge is -2.16. The molecule has 1 unspecified atom stereocenters. The van der Waals surface area contributed by atoms with E-state index >= 15 is 0 Å². The molecule has 24 heavy (non-hydrogen) atoms. The molecule has 1 aliphatic rings. The number of ether oxygens (including phenoxy) is 3. The third-order valence-corrected chi connectivity index (χ3v) is 5.60. The van der Waals surface area contributed by atoms with Gasteiger partial charge in [-0.05, 0) is 31.5 Å². The van der Waals surface area contributed by atoms with Crippen molar-refractivity contribution < 1.29 is 14.2 Å². The first-order valence-corrected chi connectivity index (χ1v) is 9.78. The van der Waals surface area contributed by atoms with E-state index in [0.717, 1.165) is 5.56 Å². The molecule has 0 aliphatic carbocycles. The van der Waals surface area contributed by atoms with Crippen molar-refractivity contribution in [1.82, 2.24) is 9.36 Å². The maximum atomic E-state index is 6.01. The van der Waals surface area contributed by atoms with E-state index < -0.39 is 5.79 Å². The number of aromatic nitrogens is 2. The lowest BCUT2D eigenvalue weighted by Crippen LogP contribution is -2.25. The lowest BCUT2D eigenvalue weighted by molar-refractivity contribution is -0.141. The summed E-state index contributed by atoms with van der Waals surface area (Å²) in [5.74, 6) is 0.164. The monoisotopic (exact) mass is 406 g/mol. The quantitative estimate of drug-likeness (QED) is 0.649. The molecule has 1 aliphatic heterocycles. The molecule has 1 fully saturated rings. The predicted molar refractivity (Wildman–Crippen MR) is 96.3 cm³/mol. The van der Waals surface area contributed by atoms with Crippen LogP contribution in [0.4, 0.5) is 0 Å². The average Bonchev–Trinajstić information content (AvgIpc) is 3.12. The van der Waals surface area contributed by atoms with Gasteiger partial charge in [0.05, 0.1) is 16.7 Å². The van der Waals surface area contributed by atoms with E-state index in [1.165, 1.54) is 23.3 Å². The van der Waals surface area contributed by atoms with Crippen LogP contribution in [-0.2, 0) is 15.2 Å². The van der Waals surface area contributed by atoms with Gasteiger partial charge < -0.3 is 14.2 Å². The van der Waals surface area contributed by atoms with Crippen LogP contribution in [0, 0.1) is 0 Å². The van der Waals surface area contributed by atoms with Gasteiger partial charge >= 0.3 is 0 Å². The Hall–Kier alpha value is -0.570. The highest BCUT2D eigenvalue weighted by Gasteiger charge is 2.33. The van der Waals surface area contributed by atoms with Gasteiger partial charge in [0, 0.05) is 17.3 Å². The predicted octanol–water partition coefficient (Wildman–Crippen LogP) is 4.67. The van der Waals surface area contributed by atoms with Crippen molar-refractivity contribution >= 4 is 46.5 Å². The van der Waals surface area contributed by atoms with Gasteiger partial charge in [-0.15, -0.1) is 0 Å². The molecule has 0 saturated carbocycles. The van der Waals surface area contributed by atoms with Crippen LogP contribution in [0.3, 0.4) is 0 Å². The number of hydrogen-bond acceptors (Lipinski definition) is 7. The van der Waals surface area contributed by atoms with Gasteiger partial charge in [-0.25, -0.2) is 0 Å². The standard InChI is InChI=1S/C15H16Cl2N2O3S2/c1-15(2)21-7-10(22-15)6-20-14-18-13(19-24-14)23-8-9-3-4-11(16)12(17)5-9/h3-5,10H,6-8H2,1-2H3. The molecule has 130 valence electrons. The van der Waals surface area contributed by atoms with Crippen LogP contribution in [0.2, 0.25) is 10.0 Å². The van der Waals surface area contributed by atoms with Crippen LogP contribution >= 0.6 is 46.5 Å². The Morgan fingerprint density at radius 3 is 2.92 bits per heavy atom. The second kappa shape index (κ2) is 7.76. The normalized spacial score (nSPS) is 19.6. The molecule has 1 atom stereocenters. The van der Waals surface area contributed by atoms with Gasteiger partial charge in [-0.2, -0.15) is 9.36 Å². The second-order valence-corrected chi connectivity index (χ2v) is 8.11. The summed E-state index contributed by atoms with van der Waals surface area (Å²) in [7, 11) is 0. The molecule has 0 N–H and O–H groups in total. The number of halogens is 2. The van der Waals surface area contributed by atoms with E-state index in [4.69, 9.17) is 37.4 Å². The zero-order chi connectivity index (χ0) is 17.2. The van der Waals surface area contributed by atoms with E-state index in [1.54, 1.807) is 6.07 Å². The van der Waals surface area contributed by atoms with E-state index in [-0.39, 0.29) is 6.10 Å². The SMILES string of the molecule is CC1(C)OCC(COc2nc(SCc3ccc(Cl)c(Cl)c3)ns2)O1. The van der Waals surface area contributed by atoms with Gasteiger partial charge in [0.2, 0.25) is 5.16 Å². The van der Waals surface area contributed by atoms with E-state index in [1.807, 2.05) is 26.0 Å². The summed E-state index contributed by atoms with van der Waals surface area (Å²) in [6.45, 7) is 4.69. The van der Waals surface area contributed by atoms with Crippen molar-refractivity contribution in [3.63, 3.8) is 0 Å². The Balaban J connectivity index is 1.47. The maximum Gasteiger partial charge on any atom is 0.294 e. The van der Waals surface area contributed by atoms with Gasteiger partial charge in [-0.1, -0.05) is 41.0 Å². The van der Waals surface area contributed by atoms with Gasteiger partial charge in [0.1, 0.15) is 12.7 Å². The highest BCUT2D eigenvalue weighted by Crippen LogP contribution is 2.29. The Morgan fingerprint density at radius 2 is 2.21 bits per heavy atom. The Labute approximate surface area is 158 Å². The molecule has 2 aromatic rings. The largest absolute Gasteiger partial charge is 0.466 e. The van der Waals surface area contributed by atoms with E-state index in [0.29, 0.717) is 39.4 Å². The van der Waals surface area contributed by atoms with Crippen LogP contribution in [0.15, 0.2) is 23.4 Å². The van der Waals surface area contributed by atoms with Gasteiger partial charge in [0.15, 0.2) is 5.79 Å². The molecule has 9 heteroatoms. The van der Waals surface area contributed by atoms with Crippen molar-refractivity contribution in [2.45, 2.75) is 36.6 Å². The average molecular weight is 407 g/mol. The fourth-order valence-electron chi connectivity index (χ4n) is 2.10. The van der Waals surface area contributed by atoms with Crippen LogP contribution in [0.25, 0.3) is 0 Å². The highest BCUT2D eigenvalue weighted by molar-refractivity contribution is 7.98. The molecular formula is C15H16Cl2N2O3S2. The summed E-state index contributed by atoms with van der Waals surface area (Å²) < 4.78 is 21.1. The van der Waals surface area contributed by atoms with Crippen molar-refractivity contribution in [2.24, 2.45) is 0 Å². The van der Waals surface area contributed by atoms with E-state index in [2.05, 4.69) is 9.36 Å². The smallest absolute Gasteiger partial charge is 0.294 e. The molecule has 0 radical (unpaired) electrons. The molecular weight excluding hydrogens is 391 g/mol. The maximum absolute atomic E-state index is 6.01. The molecule has 0 bridgehead atoms. The van der Waals surface area contributed by atoms with Crippen LogP contribution in [0.5, 0.6) is 5.19 Å². The molecule has 1 aromatic carbocycles. The third-order valence-electron chi connectivity index (χ3n) is 3.20. The minimum Gasteiger partial charge on any atom is -0.466 e. The Bertz CT molecular complexity index is 712. The summed E-state index contributed by atoms with van der Waals surface area (Å²) in [4.78, 5) is 4.36. The number of benzene rings is 1. The zero-order valence-corrected chi connectivity index (χ0v) is 16.3. The van der Waals surface area contributed by atoms with Gasteiger partial charge in [-0.3, -0.25) is 0 Å². The lowest BCUT2D eigenvalue weighted by atomic mass is 10.2. The van der Waals surface area contributed by atoms with Crippen molar-refractivity contribution in [1.29, 1.82) is 0 Å². The summed E-state index contributed by atoms with van der Waals surface area (Å²) in [5, 5.41) is 2.30. The first-order chi connectivity index (χ1) is 11.4. The van der Waals surface area contributed by atoms with Crippen molar-refractivity contribution in [3.05, 3.63) is 33.8 Å². The Morgan fingerprint density at radius 1 is 1.38 bits per heavy atom. The molecule has 1 aromatic heterocycles. The summed E-state index contributed by atoms with van der Waals surface area (Å²) in [6.07, 6.45) is -0.0868. The number of nitrogens with zero attached hydrogens (tertiary/aromatic N) is 2. The third kappa shape index (κ3) is 4.97. The van der Waals surface area contributed by atoms with Crippen molar-refractivity contribution in [3.8, 4) is 5.19 Å². The summed E-state index contributed by atoms with van der Waals surface area (Å²) >= 11 is 14.7. The number of thioether (sulfide) groups is 1. The minimum atomic E-state index is -0.546. The second-order valence-electron chi connectivity index (χ2n) is 5.64. The topological polar surface area (TPSA) is 53.5 Å². The molecule has 2 heterocycles. The summed E-state index contributed by atoms with van der Waals surface area (Å²) in [6, 6.07) is 5.57. The molecule has 1 saturated heterocycles. The fourth-order valence-corrected chi connectivity index (χ4v) is 3.87.